The van der Waals surface area contributed by atoms with Crippen LogP contribution in [0.2, 0.25) is 0 Å². The normalized spacial score (nSPS) is 9.64. The number of nitrogens with one attached hydrogen (secondary N) is 1. The number of hydrogen-bond donors (Lipinski definition) is 1. The molecule has 0 heterocycles. The second-order valence-corrected chi connectivity index (χ2v) is 3.45. The van der Waals surface area contributed by atoms with Crippen molar-refractivity contribution in [1.82, 2.24) is 10.2 Å². The van der Waals surface area contributed by atoms with E-state index < -0.39 is 0 Å². The number of carbonyl (C=O) groups excluding carboxylic acids is 2. The zero-order chi connectivity index (χ0) is 11.0. The Bertz CT molecular complexity index is 197. The average molecular weight is 221 g/mol. The van der Waals surface area contributed by atoms with Crippen molar-refractivity contribution in [3.63, 3.8) is 0 Å². The quantitative estimate of drug-likeness (QED) is 0.716. The van der Waals surface area contributed by atoms with Crippen LogP contribution in [0.5, 0.6) is 0 Å². The summed E-state index contributed by atoms with van der Waals surface area (Å²) >= 11 is 5.36. The van der Waals surface area contributed by atoms with E-state index in [0.717, 1.165) is 12.8 Å². The number of hydrogen-bond acceptors (Lipinski definition) is 2. The molecule has 0 fully saturated rings. The minimum absolute atomic E-state index is 0.176. The third-order valence-corrected chi connectivity index (χ3v) is 1.95. The van der Waals surface area contributed by atoms with Crippen LogP contribution in [0.15, 0.2) is 0 Å². The number of imide groups is 1. The van der Waals surface area contributed by atoms with Crippen LogP contribution in [0.1, 0.15) is 26.2 Å². The lowest BCUT2D eigenvalue weighted by atomic mass is 10.3. The van der Waals surface area contributed by atoms with Crippen LogP contribution in [-0.4, -0.2) is 36.3 Å². The number of urea groups is 1. The molecule has 3 amide bonds. The van der Waals surface area contributed by atoms with Crippen molar-refractivity contribution in [1.29, 1.82) is 0 Å². The lowest BCUT2D eigenvalue weighted by molar-refractivity contribution is -0.119. The summed E-state index contributed by atoms with van der Waals surface area (Å²) in [6.07, 6.45) is 2.13. The highest BCUT2D eigenvalue weighted by Gasteiger charge is 2.10. The SMILES string of the molecule is CCCCN(C)C(=O)NC(=O)CCCl. The highest BCUT2D eigenvalue weighted by Crippen LogP contribution is 1.93. The van der Waals surface area contributed by atoms with E-state index >= 15 is 0 Å². The van der Waals surface area contributed by atoms with Crippen LogP contribution in [0.4, 0.5) is 4.79 Å². The molecule has 0 spiro atoms. The summed E-state index contributed by atoms with van der Waals surface area (Å²) in [5.41, 5.74) is 0. The van der Waals surface area contributed by atoms with Gasteiger partial charge in [0.15, 0.2) is 0 Å². The number of alkyl halides is 1. The average Bonchev–Trinajstić information content (AvgIpc) is 2.14. The van der Waals surface area contributed by atoms with E-state index in [-0.39, 0.29) is 24.2 Å². The summed E-state index contributed by atoms with van der Waals surface area (Å²) in [4.78, 5) is 23.8. The van der Waals surface area contributed by atoms with Crippen molar-refractivity contribution in [2.75, 3.05) is 19.5 Å². The smallest absolute Gasteiger partial charge is 0.323 e. The molecule has 0 aromatic heterocycles. The molecule has 0 aromatic rings. The molecule has 0 aliphatic carbocycles. The first-order valence-electron chi connectivity index (χ1n) is 4.72. The number of unbranched alkanes of at least 4 members (excludes halogenated alkanes) is 1. The molecular formula is C9H17ClN2O2. The zero-order valence-corrected chi connectivity index (χ0v) is 9.43. The Labute approximate surface area is 89.6 Å². The fraction of sp³-hybridized carbons (Fsp3) is 0.778. The molecule has 5 heteroatoms. The van der Waals surface area contributed by atoms with Crippen LogP contribution >= 0.6 is 11.6 Å². The van der Waals surface area contributed by atoms with Gasteiger partial charge >= 0.3 is 6.03 Å². The van der Waals surface area contributed by atoms with E-state index in [1.54, 1.807) is 7.05 Å². The van der Waals surface area contributed by atoms with Crippen molar-refractivity contribution in [3.05, 3.63) is 0 Å². The molecule has 0 unspecified atom stereocenters. The van der Waals surface area contributed by atoms with E-state index in [4.69, 9.17) is 11.6 Å². The van der Waals surface area contributed by atoms with E-state index in [1.807, 2.05) is 6.92 Å². The van der Waals surface area contributed by atoms with Gasteiger partial charge < -0.3 is 4.90 Å². The van der Waals surface area contributed by atoms with Gasteiger partial charge in [-0.3, -0.25) is 10.1 Å². The van der Waals surface area contributed by atoms with Crippen molar-refractivity contribution >= 4 is 23.5 Å². The summed E-state index contributed by atoms with van der Waals surface area (Å²) in [6, 6.07) is -0.353. The molecule has 0 bridgehead atoms. The van der Waals surface area contributed by atoms with Crippen molar-refractivity contribution in [2.45, 2.75) is 26.2 Å². The number of nitrogens with zero attached hydrogens (tertiary/aromatic N) is 1. The molecule has 0 rings (SSSR count). The Balaban J connectivity index is 3.76. The van der Waals surface area contributed by atoms with E-state index in [9.17, 15) is 9.59 Å². The van der Waals surface area contributed by atoms with Crippen LogP contribution < -0.4 is 5.32 Å². The molecule has 4 nitrogen and oxygen atoms in total. The van der Waals surface area contributed by atoms with Gasteiger partial charge in [-0.2, -0.15) is 0 Å². The Morgan fingerprint density at radius 3 is 2.57 bits per heavy atom. The molecule has 0 aliphatic heterocycles. The van der Waals surface area contributed by atoms with Gasteiger partial charge in [0, 0.05) is 25.9 Å². The minimum Gasteiger partial charge on any atom is -0.328 e. The monoisotopic (exact) mass is 220 g/mol. The lowest BCUT2D eigenvalue weighted by Gasteiger charge is -2.16. The molecule has 14 heavy (non-hydrogen) atoms. The predicted octanol–water partition coefficient (Wildman–Crippen LogP) is 1.58. The molecule has 0 aromatic carbocycles. The zero-order valence-electron chi connectivity index (χ0n) is 8.68. The first-order chi connectivity index (χ1) is 6.61. The summed E-state index contributed by atoms with van der Waals surface area (Å²) in [5.74, 6) is -0.0917. The second-order valence-electron chi connectivity index (χ2n) is 3.07. The van der Waals surface area contributed by atoms with Gasteiger partial charge in [0.25, 0.3) is 0 Å². The molecule has 0 aliphatic rings. The highest BCUT2D eigenvalue weighted by atomic mass is 35.5. The van der Waals surface area contributed by atoms with Crippen LogP contribution in [0.25, 0.3) is 0 Å². The van der Waals surface area contributed by atoms with E-state index in [1.165, 1.54) is 4.90 Å². The first-order valence-corrected chi connectivity index (χ1v) is 5.26. The maximum Gasteiger partial charge on any atom is 0.323 e. The number of rotatable bonds is 5. The largest absolute Gasteiger partial charge is 0.328 e. The summed E-state index contributed by atoms with van der Waals surface area (Å²) in [6.45, 7) is 2.71. The lowest BCUT2D eigenvalue weighted by Crippen LogP contribution is -2.41. The number of carbonyl (C=O) groups is 2. The minimum atomic E-state index is -0.353. The fourth-order valence-electron chi connectivity index (χ4n) is 0.860. The maximum absolute atomic E-state index is 11.3. The number of amides is 3. The van der Waals surface area contributed by atoms with Crippen LogP contribution in [0.3, 0.4) is 0 Å². The van der Waals surface area contributed by atoms with Gasteiger partial charge in [-0.1, -0.05) is 13.3 Å². The second kappa shape index (κ2) is 7.62. The Morgan fingerprint density at radius 1 is 1.43 bits per heavy atom. The van der Waals surface area contributed by atoms with Crippen LogP contribution in [0, 0.1) is 0 Å². The van der Waals surface area contributed by atoms with Crippen molar-refractivity contribution in [2.24, 2.45) is 0 Å². The van der Waals surface area contributed by atoms with E-state index in [2.05, 4.69) is 5.32 Å². The Morgan fingerprint density at radius 2 is 2.07 bits per heavy atom. The maximum atomic E-state index is 11.3. The third kappa shape index (κ3) is 5.80. The molecule has 82 valence electrons. The van der Waals surface area contributed by atoms with Gasteiger partial charge in [0.1, 0.15) is 0 Å². The summed E-state index contributed by atoms with van der Waals surface area (Å²) in [7, 11) is 1.67. The molecule has 0 atom stereocenters. The van der Waals surface area contributed by atoms with E-state index in [0.29, 0.717) is 6.54 Å². The Kier molecular flexibility index (Phi) is 7.20. The van der Waals surface area contributed by atoms with Gasteiger partial charge in [-0.25, -0.2) is 4.79 Å². The Hall–Kier alpha value is -0.770. The molecule has 0 radical (unpaired) electrons. The molecular weight excluding hydrogens is 204 g/mol. The summed E-state index contributed by atoms with van der Waals surface area (Å²) < 4.78 is 0. The fourth-order valence-corrected chi connectivity index (χ4v) is 1.03. The van der Waals surface area contributed by atoms with Gasteiger partial charge in [0.05, 0.1) is 0 Å². The highest BCUT2D eigenvalue weighted by molar-refractivity contribution is 6.19. The third-order valence-electron chi connectivity index (χ3n) is 1.76. The van der Waals surface area contributed by atoms with Crippen molar-refractivity contribution in [3.8, 4) is 0 Å². The summed E-state index contributed by atoms with van der Waals surface area (Å²) in [5, 5.41) is 2.25. The van der Waals surface area contributed by atoms with Gasteiger partial charge in [0.2, 0.25) is 5.91 Å². The number of halogens is 1. The molecule has 0 saturated heterocycles. The molecule has 1 N–H and O–H groups in total. The van der Waals surface area contributed by atoms with Gasteiger partial charge in [-0.05, 0) is 6.42 Å². The van der Waals surface area contributed by atoms with Crippen LogP contribution in [-0.2, 0) is 4.79 Å². The first kappa shape index (κ1) is 13.2. The van der Waals surface area contributed by atoms with Crippen molar-refractivity contribution < 1.29 is 9.59 Å². The molecule has 0 saturated carbocycles. The standard InChI is InChI=1S/C9H17ClN2O2/c1-3-4-7-12(2)9(14)11-8(13)5-6-10/h3-7H2,1-2H3,(H,11,13,14). The van der Waals surface area contributed by atoms with Gasteiger partial charge in [-0.15, -0.1) is 11.6 Å². The topological polar surface area (TPSA) is 49.4 Å². The predicted molar refractivity (Wildman–Crippen MR) is 56.4 cm³/mol.